The highest BCUT2D eigenvalue weighted by Gasteiger charge is 2.35. The van der Waals surface area contributed by atoms with E-state index in [1.54, 1.807) is 25.3 Å². The molecule has 2 heterocycles. The van der Waals surface area contributed by atoms with Gasteiger partial charge in [-0.3, -0.25) is 19.3 Å². The Hall–Kier alpha value is -3.52. The highest BCUT2D eigenvalue weighted by atomic mass is 32.2. The molecule has 3 aromatic rings. The standard InChI is InChI=1S/C24H23N3O4S/c1-31-18-6-4-5-16(13-18)14-21-23(29)27(24(30)32-21)12-10-22(28)25-11-9-17-15-26-20-8-3-2-7-19(17)20/h2-8,13-15,26H,9-12H2,1H3,(H,25,28). The number of imide groups is 1. The van der Waals surface area contributed by atoms with Crippen LogP contribution in [0.3, 0.4) is 0 Å². The van der Waals surface area contributed by atoms with Crippen LogP contribution in [0.1, 0.15) is 17.5 Å². The number of methoxy groups -OCH3 is 1. The summed E-state index contributed by atoms with van der Waals surface area (Å²) < 4.78 is 5.19. The van der Waals surface area contributed by atoms with Crippen LogP contribution in [-0.2, 0) is 16.0 Å². The lowest BCUT2D eigenvalue weighted by molar-refractivity contribution is -0.124. The quantitative estimate of drug-likeness (QED) is 0.508. The predicted molar refractivity (Wildman–Crippen MR) is 125 cm³/mol. The monoisotopic (exact) mass is 449 g/mol. The Kier molecular flexibility index (Phi) is 6.61. The summed E-state index contributed by atoms with van der Waals surface area (Å²) in [6, 6.07) is 15.2. The summed E-state index contributed by atoms with van der Waals surface area (Å²) in [5, 5.41) is 3.64. The Morgan fingerprint density at radius 1 is 1.19 bits per heavy atom. The first-order valence-electron chi connectivity index (χ1n) is 10.3. The molecule has 4 rings (SSSR count). The van der Waals surface area contributed by atoms with Gasteiger partial charge in [0.15, 0.2) is 0 Å². The molecule has 0 radical (unpaired) electrons. The molecular formula is C24H23N3O4S. The van der Waals surface area contributed by atoms with E-state index < -0.39 is 0 Å². The van der Waals surface area contributed by atoms with Crippen molar-refractivity contribution in [1.82, 2.24) is 15.2 Å². The average Bonchev–Trinajstić information content (AvgIpc) is 3.33. The van der Waals surface area contributed by atoms with Gasteiger partial charge in [-0.1, -0.05) is 30.3 Å². The molecular weight excluding hydrogens is 426 g/mol. The first-order valence-corrected chi connectivity index (χ1v) is 11.1. The molecule has 0 spiro atoms. The van der Waals surface area contributed by atoms with Gasteiger partial charge in [0.05, 0.1) is 12.0 Å². The van der Waals surface area contributed by atoms with Gasteiger partial charge in [0.2, 0.25) is 5.91 Å². The van der Waals surface area contributed by atoms with Crippen molar-refractivity contribution >= 4 is 45.8 Å². The second-order valence-electron chi connectivity index (χ2n) is 7.32. The SMILES string of the molecule is COc1cccc(C=C2SC(=O)N(CCC(=O)NCCc3c[nH]c4ccccc34)C2=O)c1. The predicted octanol–water partition coefficient (Wildman–Crippen LogP) is 3.96. The van der Waals surface area contributed by atoms with E-state index in [-0.39, 0.29) is 30.0 Å². The maximum Gasteiger partial charge on any atom is 0.293 e. The Morgan fingerprint density at radius 3 is 2.88 bits per heavy atom. The van der Waals surface area contributed by atoms with Crippen LogP contribution in [0.2, 0.25) is 0 Å². The van der Waals surface area contributed by atoms with E-state index in [0.717, 1.165) is 38.7 Å². The summed E-state index contributed by atoms with van der Waals surface area (Å²) in [5.41, 5.74) is 2.97. The normalized spacial score (nSPS) is 15.0. The summed E-state index contributed by atoms with van der Waals surface area (Å²) in [5.74, 6) is 0.0948. The fraction of sp³-hybridized carbons (Fsp3) is 0.208. The van der Waals surface area contributed by atoms with Gasteiger partial charge in [-0.2, -0.15) is 0 Å². The van der Waals surface area contributed by atoms with E-state index in [0.29, 0.717) is 23.6 Å². The molecule has 0 aliphatic carbocycles. The molecule has 1 aliphatic heterocycles. The van der Waals surface area contributed by atoms with Gasteiger partial charge >= 0.3 is 0 Å². The number of carbonyl (C=O) groups is 3. The molecule has 2 aromatic carbocycles. The smallest absolute Gasteiger partial charge is 0.293 e. The molecule has 2 N–H and O–H groups in total. The number of benzene rings is 2. The third-order valence-electron chi connectivity index (χ3n) is 5.22. The molecule has 1 aromatic heterocycles. The lowest BCUT2D eigenvalue weighted by Crippen LogP contribution is -2.34. The van der Waals surface area contributed by atoms with Gasteiger partial charge in [-0.25, -0.2) is 0 Å². The van der Waals surface area contributed by atoms with Gasteiger partial charge in [-0.05, 0) is 53.6 Å². The van der Waals surface area contributed by atoms with Crippen molar-refractivity contribution in [1.29, 1.82) is 0 Å². The van der Waals surface area contributed by atoms with Crippen molar-refractivity contribution < 1.29 is 19.1 Å². The molecule has 32 heavy (non-hydrogen) atoms. The summed E-state index contributed by atoms with van der Waals surface area (Å²) >= 11 is 0.882. The molecule has 7 nitrogen and oxygen atoms in total. The van der Waals surface area contributed by atoms with Crippen molar-refractivity contribution in [3.05, 3.63) is 70.8 Å². The van der Waals surface area contributed by atoms with Crippen LogP contribution in [-0.4, -0.2) is 47.1 Å². The number of nitrogens with one attached hydrogen (secondary N) is 2. The molecule has 0 bridgehead atoms. The Balaban J connectivity index is 1.28. The Bertz CT molecular complexity index is 1200. The van der Waals surface area contributed by atoms with E-state index in [1.165, 1.54) is 0 Å². The molecule has 0 unspecified atom stereocenters. The summed E-state index contributed by atoms with van der Waals surface area (Å²) in [7, 11) is 1.57. The molecule has 0 atom stereocenters. The zero-order valence-electron chi connectivity index (χ0n) is 17.6. The zero-order valence-corrected chi connectivity index (χ0v) is 18.4. The second kappa shape index (κ2) is 9.74. The number of nitrogens with zero attached hydrogens (tertiary/aromatic N) is 1. The van der Waals surface area contributed by atoms with E-state index in [9.17, 15) is 14.4 Å². The van der Waals surface area contributed by atoms with Crippen LogP contribution in [0, 0.1) is 0 Å². The van der Waals surface area contributed by atoms with Crippen molar-refractivity contribution in [2.45, 2.75) is 12.8 Å². The molecule has 0 saturated carbocycles. The maximum absolute atomic E-state index is 12.6. The Morgan fingerprint density at radius 2 is 2.03 bits per heavy atom. The number of fused-ring (bicyclic) bond motifs is 1. The minimum atomic E-state index is -0.380. The number of ether oxygens (including phenoxy) is 1. The molecule has 1 fully saturated rings. The number of hydrogen-bond donors (Lipinski definition) is 2. The topological polar surface area (TPSA) is 91.5 Å². The molecule has 1 aliphatic rings. The van der Waals surface area contributed by atoms with Crippen LogP contribution in [0.5, 0.6) is 5.75 Å². The van der Waals surface area contributed by atoms with Crippen molar-refractivity contribution in [3.63, 3.8) is 0 Å². The third kappa shape index (κ3) is 4.86. The van der Waals surface area contributed by atoms with Crippen LogP contribution < -0.4 is 10.1 Å². The Labute approximate surface area is 189 Å². The minimum Gasteiger partial charge on any atom is -0.497 e. The van der Waals surface area contributed by atoms with E-state index in [1.807, 2.05) is 42.6 Å². The lowest BCUT2D eigenvalue weighted by Gasteiger charge is -2.12. The molecule has 164 valence electrons. The van der Waals surface area contributed by atoms with Crippen molar-refractivity contribution in [2.24, 2.45) is 0 Å². The summed E-state index contributed by atoms with van der Waals surface area (Å²) in [6.45, 7) is 0.539. The largest absolute Gasteiger partial charge is 0.497 e. The molecule has 1 saturated heterocycles. The first kappa shape index (κ1) is 21.7. The van der Waals surface area contributed by atoms with Crippen molar-refractivity contribution in [2.75, 3.05) is 20.2 Å². The van der Waals surface area contributed by atoms with Gasteiger partial charge in [0.1, 0.15) is 5.75 Å². The van der Waals surface area contributed by atoms with Crippen LogP contribution in [0.4, 0.5) is 4.79 Å². The number of rotatable bonds is 8. The number of amides is 3. The number of hydrogen-bond acceptors (Lipinski definition) is 5. The number of aromatic amines is 1. The summed E-state index contributed by atoms with van der Waals surface area (Å²) in [4.78, 5) is 41.8. The maximum atomic E-state index is 12.6. The second-order valence-corrected chi connectivity index (χ2v) is 8.31. The van der Waals surface area contributed by atoms with Crippen LogP contribution in [0.25, 0.3) is 17.0 Å². The highest BCUT2D eigenvalue weighted by molar-refractivity contribution is 8.18. The highest BCUT2D eigenvalue weighted by Crippen LogP contribution is 2.32. The van der Waals surface area contributed by atoms with Gasteiger partial charge < -0.3 is 15.0 Å². The van der Waals surface area contributed by atoms with Crippen molar-refractivity contribution in [3.8, 4) is 5.75 Å². The molecule has 8 heteroatoms. The first-order chi connectivity index (χ1) is 15.5. The van der Waals surface area contributed by atoms with E-state index in [2.05, 4.69) is 10.3 Å². The molecule has 3 amide bonds. The minimum absolute atomic E-state index is 0.0546. The van der Waals surface area contributed by atoms with E-state index >= 15 is 0 Å². The van der Waals surface area contributed by atoms with Crippen LogP contribution >= 0.6 is 11.8 Å². The number of aromatic nitrogens is 1. The van der Waals surface area contributed by atoms with Gasteiger partial charge in [-0.15, -0.1) is 0 Å². The number of thioether (sulfide) groups is 1. The van der Waals surface area contributed by atoms with Gasteiger partial charge in [0, 0.05) is 36.6 Å². The number of carbonyl (C=O) groups excluding carboxylic acids is 3. The third-order valence-corrected chi connectivity index (χ3v) is 6.13. The summed E-state index contributed by atoms with van der Waals surface area (Å²) in [6.07, 6.45) is 4.37. The van der Waals surface area contributed by atoms with Gasteiger partial charge in [0.25, 0.3) is 11.1 Å². The number of para-hydroxylation sites is 1. The number of H-pyrrole nitrogens is 1. The average molecular weight is 450 g/mol. The lowest BCUT2D eigenvalue weighted by atomic mass is 10.1. The van der Waals surface area contributed by atoms with Crippen LogP contribution in [0.15, 0.2) is 59.6 Å². The fourth-order valence-electron chi connectivity index (χ4n) is 3.55. The zero-order chi connectivity index (χ0) is 22.5. The fourth-order valence-corrected chi connectivity index (χ4v) is 4.42. The van der Waals surface area contributed by atoms with E-state index in [4.69, 9.17) is 4.74 Å².